The van der Waals surface area contributed by atoms with Crippen molar-refractivity contribution in [3.8, 4) is 0 Å². The predicted molar refractivity (Wildman–Crippen MR) is 56.9 cm³/mol. The molecule has 0 aromatic carbocycles. The Morgan fingerprint density at radius 1 is 1.75 bits per heavy atom. The van der Waals surface area contributed by atoms with Crippen LogP contribution in [0.3, 0.4) is 0 Å². The second kappa shape index (κ2) is 4.18. The van der Waals surface area contributed by atoms with E-state index in [0.717, 1.165) is 9.36 Å². The van der Waals surface area contributed by atoms with E-state index in [1.807, 2.05) is 19.1 Å². The highest BCUT2D eigenvalue weighted by molar-refractivity contribution is 9.11. The van der Waals surface area contributed by atoms with Gasteiger partial charge in [0, 0.05) is 4.88 Å². The van der Waals surface area contributed by atoms with E-state index in [4.69, 9.17) is 5.84 Å². The lowest BCUT2D eigenvalue weighted by Crippen LogP contribution is -2.27. The van der Waals surface area contributed by atoms with Gasteiger partial charge >= 0.3 is 0 Å². The second-order valence-electron chi connectivity index (χ2n) is 2.59. The van der Waals surface area contributed by atoms with Crippen molar-refractivity contribution in [2.45, 2.75) is 13.0 Å². The maximum absolute atomic E-state index is 5.40. The molecule has 3 N–H and O–H groups in total. The van der Waals surface area contributed by atoms with E-state index in [9.17, 15) is 0 Å². The molecule has 4 heteroatoms. The largest absolute Gasteiger partial charge is 0.271 e. The van der Waals surface area contributed by atoms with Crippen molar-refractivity contribution >= 4 is 27.3 Å². The van der Waals surface area contributed by atoms with Crippen molar-refractivity contribution in [1.29, 1.82) is 0 Å². The van der Waals surface area contributed by atoms with Gasteiger partial charge in [0.1, 0.15) is 0 Å². The molecule has 12 heavy (non-hydrogen) atoms. The van der Waals surface area contributed by atoms with Crippen molar-refractivity contribution in [2.75, 3.05) is 0 Å². The molecule has 0 spiro atoms. The molecule has 0 saturated carbocycles. The lowest BCUT2D eigenvalue weighted by Gasteiger charge is -2.13. The summed E-state index contributed by atoms with van der Waals surface area (Å²) in [6.07, 6.45) is 0. The van der Waals surface area contributed by atoms with Gasteiger partial charge in [-0.15, -0.1) is 11.3 Å². The number of hydrogen-bond donors (Lipinski definition) is 2. The summed E-state index contributed by atoms with van der Waals surface area (Å²) in [7, 11) is 0. The van der Waals surface area contributed by atoms with E-state index in [2.05, 4.69) is 27.9 Å². The molecule has 1 heterocycles. The van der Waals surface area contributed by atoms with Crippen LogP contribution in [-0.4, -0.2) is 0 Å². The lowest BCUT2D eigenvalue weighted by atomic mass is 10.1. The Bertz CT molecular complexity index is 282. The van der Waals surface area contributed by atoms with Crippen LogP contribution in [-0.2, 0) is 0 Å². The quantitative estimate of drug-likeness (QED) is 0.489. The molecular formula is C8H11BrN2S. The SMILES string of the molecule is C=C(C)C(NN)c1ccc(Br)s1. The number of halogens is 1. The molecule has 0 saturated heterocycles. The number of thiophene rings is 1. The third-order valence-electron chi connectivity index (χ3n) is 1.54. The summed E-state index contributed by atoms with van der Waals surface area (Å²) >= 11 is 5.06. The smallest absolute Gasteiger partial charge is 0.0757 e. The van der Waals surface area contributed by atoms with E-state index in [0.29, 0.717) is 0 Å². The predicted octanol–water partition coefficient (Wildman–Crippen LogP) is 2.59. The molecule has 66 valence electrons. The highest BCUT2D eigenvalue weighted by Gasteiger charge is 2.11. The first kappa shape index (κ1) is 9.92. The van der Waals surface area contributed by atoms with Gasteiger partial charge in [-0.1, -0.05) is 12.2 Å². The molecular weight excluding hydrogens is 236 g/mol. The molecule has 1 atom stereocenters. The summed E-state index contributed by atoms with van der Waals surface area (Å²) in [6, 6.07) is 4.11. The van der Waals surface area contributed by atoms with Gasteiger partial charge < -0.3 is 0 Å². The van der Waals surface area contributed by atoms with Crippen LogP contribution in [0.5, 0.6) is 0 Å². The van der Waals surface area contributed by atoms with Crippen molar-refractivity contribution in [2.24, 2.45) is 5.84 Å². The first-order valence-corrected chi connectivity index (χ1v) is 5.13. The number of hydrazine groups is 1. The number of hydrogen-bond acceptors (Lipinski definition) is 3. The number of nitrogens with one attached hydrogen (secondary N) is 1. The van der Waals surface area contributed by atoms with E-state index < -0.39 is 0 Å². The Balaban J connectivity index is 2.87. The van der Waals surface area contributed by atoms with Crippen LogP contribution in [0.4, 0.5) is 0 Å². The van der Waals surface area contributed by atoms with Crippen LogP contribution in [0.15, 0.2) is 28.1 Å². The summed E-state index contributed by atoms with van der Waals surface area (Å²) in [4.78, 5) is 1.18. The molecule has 0 aliphatic heterocycles. The fourth-order valence-electron chi connectivity index (χ4n) is 0.951. The summed E-state index contributed by atoms with van der Waals surface area (Å²) in [5.74, 6) is 5.40. The van der Waals surface area contributed by atoms with Gasteiger partial charge in [-0.25, -0.2) is 5.43 Å². The Kier molecular flexibility index (Phi) is 3.46. The maximum Gasteiger partial charge on any atom is 0.0757 e. The van der Waals surface area contributed by atoms with Crippen LogP contribution in [0.1, 0.15) is 17.8 Å². The van der Waals surface area contributed by atoms with Gasteiger partial charge in [0.25, 0.3) is 0 Å². The minimum absolute atomic E-state index is 0.0706. The normalized spacial score (nSPS) is 12.9. The number of nitrogens with two attached hydrogens (primary N) is 1. The first-order chi connectivity index (χ1) is 5.65. The number of rotatable bonds is 3. The van der Waals surface area contributed by atoms with Crippen molar-refractivity contribution in [3.63, 3.8) is 0 Å². The van der Waals surface area contributed by atoms with Gasteiger partial charge in [-0.2, -0.15) is 0 Å². The van der Waals surface area contributed by atoms with Crippen molar-refractivity contribution in [3.05, 3.63) is 32.9 Å². The summed E-state index contributed by atoms with van der Waals surface area (Å²) in [5, 5.41) is 0. The van der Waals surface area contributed by atoms with Crippen LogP contribution in [0.2, 0.25) is 0 Å². The van der Waals surface area contributed by atoms with E-state index in [1.165, 1.54) is 4.88 Å². The Morgan fingerprint density at radius 3 is 2.75 bits per heavy atom. The summed E-state index contributed by atoms with van der Waals surface area (Å²) < 4.78 is 1.11. The van der Waals surface area contributed by atoms with Crippen molar-refractivity contribution in [1.82, 2.24) is 5.43 Å². The monoisotopic (exact) mass is 246 g/mol. The topological polar surface area (TPSA) is 38.0 Å². The molecule has 0 radical (unpaired) electrons. The van der Waals surface area contributed by atoms with Gasteiger partial charge in [0.05, 0.1) is 9.83 Å². The fraction of sp³-hybridized carbons (Fsp3) is 0.250. The van der Waals surface area contributed by atoms with Crippen molar-refractivity contribution < 1.29 is 0 Å². The maximum atomic E-state index is 5.40. The van der Waals surface area contributed by atoms with Crippen LogP contribution >= 0.6 is 27.3 Å². The molecule has 0 fully saturated rings. The third-order valence-corrected chi connectivity index (χ3v) is 3.23. The molecule has 2 nitrogen and oxygen atoms in total. The fourth-order valence-corrected chi connectivity index (χ4v) is 2.53. The van der Waals surface area contributed by atoms with Gasteiger partial charge in [0.2, 0.25) is 0 Å². The molecule has 1 aromatic rings. The highest BCUT2D eigenvalue weighted by atomic mass is 79.9. The molecule has 0 amide bonds. The van der Waals surface area contributed by atoms with Crippen LogP contribution < -0.4 is 11.3 Å². The van der Waals surface area contributed by atoms with Gasteiger partial charge in [-0.3, -0.25) is 5.84 Å². The van der Waals surface area contributed by atoms with Crippen LogP contribution in [0, 0.1) is 0 Å². The average molecular weight is 247 g/mol. The average Bonchev–Trinajstić information content (AvgIpc) is 2.37. The molecule has 0 bridgehead atoms. The second-order valence-corrected chi connectivity index (χ2v) is 5.08. The van der Waals surface area contributed by atoms with E-state index >= 15 is 0 Å². The zero-order valence-electron chi connectivity index (χ0n) is 6.80. The van der Waals surface area contributed by atoms with E-state index in [-0.39, 0.29) is 6.04 Å². The van der Waals surface area contributed by atoms with Gasteiger partial charge in [0.15, 0.2) is 0 Å². The Morgan fingerprint density at radius 2 is 2.42 bits per heavy atom. The Labute approximate surface area is 84.6 Å². The molecule has 1 unspecified atom stereocenters. The first-order valence-electron chi connectivity index (χ1n) is 3.52. The minimum atomic E-state index is 0.0706. The highest BCUT2D eigenvalue weighted by Crippen LogP contribution is 2.29. The molecule has 1 aromatic heterocycles. The standard InChI is InChI=1S/C8H11BrN2S/c1-5(2)8(11-10)6-3-4-7(9)12-6/h3-4,8,11H,1,10H2,2H3. The zero-order valence-corrected chi connectivity index (χ0v) is 9.21. The third kappa shape index (κ3) is 2.17. The lowest BCUT2D eigenvalue weighted by molar-refractivity contribution is 0.637. The van der Waals surface area contributed by atoms with Gasteiger partial charge in [-0.05, 0) is 35.0 Å². The molecule has 0 aliphatic carbocycles. The Hall–Kier alpha value is -0.160. The van der Waals surface area contributed by atoms with E-state index in [1.54, 1.807) is 11.3 Å². The zero-order chi connectivity index (χ0) is 9.14. The minimum Gasteiger partial charge on any atom is -0.271 e. The molecule has 1 rings (SSSR count). The van der Waals surface area contributed by atoms with Crippen LogP contribution in [0.25, 0.3) is 0 Å². The summed E-state index contributed by atoms with van der Waals surface area (Å²) in [6.45, 7) is 5.82. The summed E-state index contributed by atoms with van der Waals surface area (Å²) in [5.41, 5.74) is 3.74. The molecule has 0 aliphatic rings.